The molecule has 2 aromatic carbocycles. The van der Waals surface area contributed by atoms with Crippen LogP contribution in [0.2, 0.25) is 0 Å². The molecule has 0 saturated carbocycles. The lowest BCUT2D eigenvalue weighted by molar-refractivity contribution is -0.142. The number of nitrogens with zero attached hydrogens (tertiary/aromatic N) is 1. The van der Waals surface area contributed by atoms with Gasteiger partial charge >= 0.3 is 0 Å². The smallest absolute Gasteiger partial charge is 0.261 e. The van der Waals surface area contributed by atoms with Crippen LogP contribution in [-0.2, 0) is 16.1 Å². The van der Waals surface area contributed by atoms with Gasteiger partial charge in [-0.1, -0.05) is 50.2 Å². The molecular formula is C23H29FN2O3. The molecule has 0 aliphatic carbocycles. The second-order valence-electron chi connectivity index (χ2n) is 7.16. The van der Waals surface area contributed by atoms with E-state index in [0.717, 1.165) is 5.56 Å². The van der Waals surface area contributed by atoms with Gasteiger partial charge in [0.15, 0.2) is 6.61 Å². The first-order valence-corrected chi connectivity index (χ1v) is 9.87. The van der Waals surface area contributed by atoms with E-state index in [9.17, 15) is 14.0 Å². The molecule has 0 aromatic heterocycles. The Morgan fingerprint density at radius 1 is 1.07 bits per heavy atom. The lowest BCUT2D eigenvalue weighted by Crippen LogP contribution is -2.49. The molecule has 1 N–H and O–H groups in total. The zero-order valence-electron chi connectivity index (χ0n) is 17.4. The molecule has 5 nitrogen and oxygen atoms in total. The highest BCUT2D eigenvalue weighted by Gasteiger charge is 2.27. The Labute approximate surface area is 171 Å². The number of amides is 2. The van der Waals surface area contributed by atoms with Gasteiger partial charge in [0.1, 0.15) is 17.6 Å². The quantitative estimate of drug-likeness (QED) is 0.695. The van der Waals surface area contributed by atoms with Crippen molar-refractivity contribution in [2.24, 2.45) is 0 Å². The van der Waals surface area contributed by atoms with Crippen LogP contribution < -0.4 is 10.1 Å². The minimum Gasteiger partial charge on any atom is -0.483 e. The normalized spacial score (nSPS) is 11.8. The number of ether oxygens (including phenoxy) is 1. The van der Waals surface area contributed by atoms with Crippen molar-refractivity contribution in [2.75, 3.05) is 13.2 Å². The highest BCUT2D eigenvalue weighted by molar-refractivity contribution is 5.87. The van der Waals surface area contributed by atoms with Gasteiger partial charge in [0, 0.05) is 18.7 Å². The summed E-state index contributed by atoms with van der Waals surface area (Å²) in [5.41, 5.74) is 1.34. The summed E-state index contributed by atoms with van der Waals surface area (Å²) in [7, 11) is 0. The van der Waals surface area contributed by atoms with Crippen LogP contribution in [0, 0.1) is 5.82 Å². The van der Waals surface area contributed by atoms with Gasteiger partial charge in [-0.05, 0) is 37.5 Å². The van der Waals surface area contributed by atoms with Crippen molar-refractivity contribution in [1.29, 1.82) is 0 Å². The van der Waals surface area contributed by atoms with Crippen molar-refractivity contribution in [1.82, 2.24) is 10.2 Å². The van der Waals surface area contributed by atoms with E-state index in [4.69, 9.17) is 4.74 Å². The van der Waals surface area contributed by atoms with Crippen LogP contribution in [0.4, 0.5) is 4.39 Å². The van der Waals surface area contributed by atoms with E-state index in [2.05, 4.69) is 5.32 Å². The molecule has 0 fully saturated rings. The van der Waals surface area contributed by atoms with Crippen molar-refractivity contribution in [2.45, 2.75) is 46.2 Å². The number of halogens is 1. The minimum atomic E-state index is -0.758. The standard InChI is InChI=1S/C23H29FN2O3/c1-5-25-23(28)17(4)26(14-18-10-6-8-12-20(18)24)22(27)15-29-21-13-9-7-11-19(21)16(2)3/h6-13,16-17H,5,14-15H2,1-4H3,(H,25,28)/t17-/m1/s1. The molecule has 2 rings (SSSR count). The van der Waals surface area contributed by atoms with Crippen LogP contribution in [0.25, 0.3) is 0 Å². The van der Waals surface area contributed by atoms with Gasteiger partial charge < -0.3 is 15.0 Å². The minimum absolute atomic E-state index is 0.0149. The second kappa shape index (κ2) is 10.6. The van der Waals surface area contributed by atoms with E-state index >= 15 is 0 Å². The Hall–Kier alpha value is -2.89. The van der Waals surface area contributed by atoms with Gasteiger partial charge in [0.25, 0.3) is 5.91 Å². The van der Waals surface area contributed by atoms with Crippen molar-refractivity contribution >= 4 is 11.8 Å². The summed E-state index contributed by atoms with van der Waals surface area (Å²) in [6.07, 6.45) is 0. The molecule has 0 saturated heterocycles. The summed E-state index contributed by atoms with van der Waals surface area (Å²) in [4.78, 5) is 26.7. The number of para-hydroxylation sites is 1. The number of likely N-dealkylation sites (N-methyl/N-ethyl adjacent to an activating group) is 1. The van der Waals surface area contributed by atoms with Gasteiger partial charge in [0.2, 0.25) is 5.91 Å². The maximum Gasteiger partial charge on any atom is 0.261 e. The van der Waals surface area contributed by atoms with Crippen LogP contribution >= 0.6 is 0 Å². The molecular weight excluding hydrogens is 371 g/mol. The van der Waals surface area contributed by atoms with Crippen molar-refractivity contribution in [3.05, 3.63) is 65.5 Å². The maximum atomic E-state index is 14.1. The SMILES string of the molecule is CCNC(=O)[C@@H](C)N(Cc1ccccc1F)C(=O)COc1ccccc1C(C)C. The number of carbonyl (C=O) groups is 2. The number of carbonyl (C=O) groups excluding carboxylic acids is 2. The van der Waals surface area contributed by atoms with Crippen molar-refractivity contribution in [3.63, 3.8) is 0 Å². The fourth-order valence-electron chi connectivity index (χ4n) is 3.03. The van der Waals surface area contributed by atoms with E-state index in [0.29, 0.717) is 17.9 Å². The third kappa shape index (κ3) is 6.04. The summed E-state index contributed by atoms with van der Waals surface area (Å²) in [5.74, 6) is -0.220. The summed E-state index contributed by atoms with van der Waals surface area (Å²) in [5, 5.41) is 2.71. The van der Waals surface area contributed by atoms with Crippen LogP contribution in [0.3, 0.4) is 0 Å². The highest BCUT2D eigenvalue weighted by atomic mass is 19.1. The van der Waals surface area contributed by atoms with Crippen LogP contribution in [-0.4, -0.2) is 35.9 Å². The molecule has 2 aromatic rings. The van der Waals surface area contributed by atoms with E-state index in [1.807, 2.05) is 38.1 Å². The summed E-state index contributed by atoms with van der Waals surface area (Å²) in [6.45, 7) is 7.73. The molecule has 1 atom stereocenters. The van der Waals surface area contributed by atoms with E-state index < -0.39 is 11.9 Å². The first-order valence-electron chi connectivity index (χ1n) is 9.87. The van der Waals surface area contributed by atoms with Gasteiger partial charge in [0.05, 0.1) is 0 Å². The zero-order valence-corrected chi connectivity index (χ0v) is 17.4. The van der Waals surface area contributed by atoms with Crippen molar-refractivity contribution < 1.29 is 18.7 Å². The molecule has 0 spiro atoms. The van der Waals surface area contributed by atoms with Gasteiger partial charge in [-0.15, -0.1) is 0 Å². The Morgan fingerprint density at radius 3 is 2.38 bits per heavy atom. The molecule has 2 amide bonds. The average Bonchev–Trinajstić information content (AvgIpc) is 2.71. The first-order chi connectivity index (χ1) is 13.8. The van der Waals surface area contributed by atoms with Crippen LogP contribution in [0.15, 0.2) is 48.5 Å². The molecule has 156 valence electrons. The highest BCUT2D eigenvalue weighted by Crippen LogP contribution is 2.26. The fourth-order valence-corrected chi connectivity index (χ4v) is 3.03. The number of hydrogen-bond donors (Lipinski definition) is 1. The third-order valence-electron chi connectivity index (χ3n) is 4.71. The summed E-state index contributed by atoms with van der Waals surface area (Å²) in [6, 6.07) is 13.0. The number of hydrogen-bond acceptors (Lipinski definition) is 3. The van der Waals surface area contributed by atoms with Gasteiger partial charge in [-0.25, -0.2) is 4.39 Å². The van der Waals surface area contributed by atoms with Gasteiger partial charge in [-0.2, -0.15) is 0 Å². The van der Waals surface area contributed by atoms with Crippen LogP contribution in [0.1, 0.15) is 44.7 Å². The predicted octanol–water partition coefficient (Wildman–Crippen LogP) is 3.88. The Kier molecular flexibility index (Phi) is 8.19. The largest absolute Gasteiger partial charge is 0.483 e. The molecule has 29 heavy (non-hydrogen) atoms. The zero-order chi connectivity index (χ0) is 21.4. The molecule has 0 radical (unpaired) electrons. The molecule has 0 aliphatic heterocycles. The molecule has 0 unspecified atom stereocenters. The van der Waals surface area contributed by atoms with Crippen LogP contribution in [0.5, 0.6) is 5.75 Å². The number of benzene rings is 2. The van der Waals surface area contributed by atoms with Crippen molar-refractivity contribution in [3.8, 4) is 5.75 Å². The Balaban J connectivity index is 2.20. The fraction of sp³-hybridized carbons (Fsp3) is 0.391. The molecule has 0 bridgehead atoms. The molecule has 6 heteroatoms. The predicted molar refractivity (Wildman–Crippen MR) is 111 cm³/mol. The maximum absolute atomic E-state index is 14.1. The first kappa shape index (κ1) is 22.4. The number of nitrogens with one attached hydrogen (secondary N) is 1. The summed E-state index contributed by atoms with van der Waals surface area (Å²) >= 11 is 0. The van der Waals surface area contributed by atoms with E-state index in [1.54, 1.807) is 32.0 Å². The monoisotopic (exact) mass is 400 g/mol. The number of rotatable bonds is 9. The Bertz CT molecular complexity index is 838. The topological polar surface area (TPSA) is 58.6 Å². The lowest BCUT2D eigenvalue weighted by Gasteiger charge is -2.29. The lowest BCUT2D eigenvalue weighted by atomic mass is 10.0. The second-order valence-corrected chi connectivity index (χ2v) is 7.16. The third-order valence-corrected chi connectivity index (χ3v) is 4.71. The van der Waals surface area contributed by atoms with E-state index in [-0.39, 0.29) is 30.9 Å². The Morgan fingerprint density at radius 2 is 1.72 bits per heavy atom. The average molecular weight is 400 g/mol. The van der Waals surface area contributed by atoms with E-state index in [1.165, 1.54) is 11.0 Å². The molecule has 0 aliphatic rings. The molecule has 0 heterocycles. The summed E-state index contributed by atoms with van der Waals surface area (Å²) < 4.78 is 19.9. The van der Waals surface area contributed by atoms with Gasteiger partial charge in [-0.3, -0.25) is 9.59 Å².